The van der Waals surface area contributed by atoms with E-state index in [-0.39, 0.29) is 24.4 Å². The largest absolute Gasteiger partial charge is 0.354 e. The zero-order valence-corrected chi connectivity index (χ0v) is 14.9. The zero-order chi connectivity index (χ0) is 17.5. The van der Waals surface area contributed by atoms with Crippen LogP contribution in [0, 0.1) is 12.8 Å². The van der Waals surface area contributed by atoms with E-state index in [1.165, 1.54) is 11.1 Å². The molecule has 0 bridgehead atoms. The first-order valence-electron chi connectivity index (χ1n) is 8.85. The van der Waals surface area contributed by atoms with E-state index in [1.54, 1.807) is 0 Å². The van der Waals surface area contributed by atoms with Crippen LogP contribution in [-0.4, -0.2) is 30.9 Å². The highest BCUT2D eigenvalue weighted by atomic mass is 16.2. The van der Waals surface area contributed by atoms with Crippen molar-refractivity contribution in [3.8, 4) is 0 Å². The summed E-state index contributed by atoms with van der Waals surface area (Å²) in [7, 11) is 0. The molecule has 0 aromatic heterocycles. The molecular weight excluding hydrogens is 302 g/mol. The summed E-state index contributed by atoms with van der Waals surface area (Å²) in [6.07, 6.45) is 2.64. The van der Waals surface area contributed by atoms with Crippen molar-refractivity contribution in [2.24, 2.45) is 5.92 Å². The molecule has 3 N–H and O–H groups in total. The molecule has 1 aromatic rings. The summed E-state index contributed by atoms with van der Waals surface area (Å²) >= 11 is 0. The standard InChI is InChI=1S/C19H29N3O2/c1-13(2)18(15-9-5-4-8-14(15)3)21-12-17(23)22-16-10-6-7-11-20-19(16)24/h4-5,8-9,13,16,18,21H,6-7,10-12H2,1-3H3,(H,20,24)(H,22,23)/t16-,18-/m0/s1. The van der Waals surface area contributed by atoms with Crippen molar-refractivity contribution in [3.63, 3.8) is 0 Å². The molecule has 1 aromatic carbocycles. The molecular formula is C19H29N3O2. The fourth-order valence-electron chi connectivity index (χ4n) is 3.17. The maximum absolute atomic E-state index is 12.3. The van der Waals surface area contributed by atoms with E-state index in [4.69, 9.17) is 0 Å². The van der Waals surface area contributed by atoms with E-state index in [9.17, 15) is 9.59 Å². The summed E-state index contributed by atoms with van der Waals surface area (Å²) < 4.78 is 0. The SMILES string of the molecule is Cc1ccccc1[C@@H](NCC(=O)N[C@H]1CCCCNC1=O)C(C)C. The van der Waals surface area contributed by atoms with Crippen LogP contribution in [0.25, 0.3) is 0 Å². The molecule has 0 spiro atoms. The van der Waals surface area contributed by atoms with Crippen LogP contribution < -0.4 is 16.0 Å². The van der Waals surface area contributed by atoms with Gasteiger partial charge in [0.25, 0.3) is 0 Å². The Morgan fingerprint density at radius 2 is 2.04 bits per heavy atom. The fraction of sp³-hybridized carbons (Fsp3) is 0.579. The van der Waals surface area contributed by atoms with Gasteiger partial charge in [0.05, 0.1) is 6.54 Å². The van der Waals surface area contributed by atoms with Crippen molar-refractivity contribution in [1.82, 2.24) is 16.0 Å². The van der Waals surface area contributed by atoms with Crippen molar-refractivity contribution in [1.29, 1.82) is 0 Å². The number of amides is 2. The Labute approximate surface area is 144 Å². The van der Waals surface area contributed by atoms with Crippen molar-refractivity contribution >= 4 is 11.8 Å². The molecule has 24 heavy (non-hydrogen) atoms. The van der Waals surface area contributed by atoms with Crippen LogP contribution in [0.5, 0.6) is 0 Å². The molecule has 0 saturated carbocycles. The highest BCUT2D eigenvalue weighted by molar-refractivity contribution is 5.88. The summed E-state index contributed by atoms with van der Waals surface area (Å²) in [5.74, 6) is 0.163. The van der Waals surface area contributed by atoms with Gasteiger partial charge in [-0.25, -0.2) is 0 Å². The van der Waals surface area contributed by atoms with Crippen LogP contribution in [0.15, 0.2) is 24.3 Å². The van der Waals surface area contributed by atoms with Gasteiger partial charge in [0.2, 0.25) is 11.8 Å². The third kappa shape index (κ3) is 5.06. The summed E-state index contributed by atoms with van der Waals surface area (Å²) in [5.41, 5.74) is 2.43. The molecule has 0 radical (unpaired) electrons. The smallest absolute Gasteiger partial charge is 0.242 e. The molecule has 5 nitrogen and oxygen atoms in total. The Hall–Kier alpha value is -1.88. The highest BCUT2D eigenvalue weighted by Crippen LogP contribution is 2.24. The highest BCUT2D eigenvalue weighted by Gasteiger charge is 2.23. The number of hydrogen-bond donors (Lipinski definition) is 3. The van der Waals surface area contributed by atoms with Crippen molar-refractivity contribution in [3.05, 3.63) is 35.4 Å². The molecule has 1 saturated heterocycles. The average molecular weight is 331 g/mol. The van der Waals surface area contributed by atoms with Crippen LogP contribution in [0.1, 0.15) is 50.3 Å². The van der Waals surface area contributed by atoms with Gasteiger partial charge in [-0.2, -0.15) is 0 Å². The lowest BCUT2D eigenvalue weighted by Crippen LogP contribution is -2.48. The van der Waals surface area contributed by atoms with Crippen LogP contribution in [0.4, 0.5) is 0 Å². The van der Waals surface area contributed by atoms with E-state index in [2.05, 4.69) is 48.9 Å². The van der Waals surface area contributed by atoms with E-state index < -0.39 is 6.04 Å². The fourth-order valence-corrected chi connectivity index (χ4v) is 3.17. The first kappa shape index (κ1) is 18.5. The normalized spacial score (nSPS) is 19.5. The Kier molecular flexibility index (Phi) is 6.79. The number of carbonyl (C=O) groups is 2. The molecule has 0 aliphatic carbocycles. The van der Waals surface area contributed by atoms with Gasteiger partial charge in [-0.1, -0.05) is 38.1 Å². The maximum Gasteiger partial charge on any atom is 0.242 e. The minimum atomic E-state index is -0.405. The Morgan fingerprint density at radius 1 is 1.29 bits per heavy atom. The number of hydrogen-bond acceptors (Lipinski definition) is 3. The lowest BCUT2D eigenvalue weighted by Gasteiger charge is -2.25. The predicted octanol–water partition coefficient (Wildman–Crippen LogP) is 2.07. The van der Waals surface area contributed by atoms with Crippen LogP contribution in [0.2, 0.25) is 0 Å². The van der Waals surface area contributed by atoms with Gasteiger partial charge >= 0.3 is 0 Å². The van der Waals surface area contributed by atoms with Crippen molar-refractivity contribution in [2.45, 2.75) is 52.1 Å². The average Bonchev–Trinajstić information content (AvgIpc) is 2.74. The second-order valence-electron chi connectivity index (χ2n) is 6.87. The summed E-state index contributed by atoms with van der Waals surface area (Å²) in [4.78, 5) is 24.2. The van der Waals surface area contributed by atoms with Gasteiger partial charge in [-0.05, 0) is 43.2 Å². The van der Waals surface area contributed by atoms with E-state index in [0.29, 0.717) is 18.9 Å². The molecule has 2 amide bonds. The predicted molar refractivity (Wildman–Crippen MR) is 95.6 cm³/mol. The van der Waals surface area contributed by atoms with Gasteiger partial charge in [0, 0.05) is 12.6 Å². The number of nitrogens with one attached hydrogen (secondary N) is 3. The van der Waals surface area contributed by atoms with Gasteiger partial charge in [0.15, 0.2) is 0 Å². The van der Waals surface area contributed by atoms with E-state index in [0.717, 1.165) is 12.8 Å². The molecule has 1 aliphatic heterocycles. The lowest BCUT2D eigenvalue weighted by molar-refractivity contribution is -0.128. The van der Waals surface area contributed by atoms with E-state index >= 15 is 0 Å². The minimum absolute atomic E-state index is 0.0693. The Bertz CT molecular complexity index is 571. The van der Waals surface area contributed by atoms with E-state index in [1.807, 2.05) is 12.1 Å². The second-order valence-corrected chi connectivity index (χ2v) is 6.87. The molecule has 2 atom stereocenters. The third-order valence-corrected chi connectivity index (χ3v) is 4.54. The molecule has 1 heterocycles. The molecule has 132 valence electrons. The van der Waals surface area contributed by atoms with Gasteiger partial charge in [-0.3, -0.25) is 9.59 Å². The minimum Gasteiger partial charge on any atom is -0.354 e. The number of carbonyl (C=O) groups excluding carboxylic acids is 2. The molecule has 0 unspecified atom stereocenters. The lowest BCUT2D eigenvalue weighted by atomic mass is 9.92. The number of rotatable bonds is 6. The van der Waals surface area contributed by atoms with Gasteiger partial charge in [-0.15, -0.1) is 0 Å². The van der Waals surface area contributed by atoms with Gasteiger partial charge in [0.1, 0.15) is 6.04 Å². The zero-order valence-electron chi connectivity index (χ0n) is 14.9. The van der Waals surface area contributed by atoms with Crippen LogP contribution in [0.3, 0.4) is 0 Å². The van der Waals surface area contributed by atoms with Gasteiger partial charge < -0.3 is 16.0 Å². The maximum atomic E-state index is 12.3. The quantitative estimate of drug-likeness (QED) is 0.747. The van der Waals surface area contributed by atoms with Crippen LogP contribution >= 0.6 is 0 Å². The topological polar surface area (TPSA) is 70.2 Å². The first-order chi connectivity index (χ1) is 11.5. The molecule has 2 rings (SSSR count). The second kappa shape index (κ2) is 8.83. The summed E-state index contributed by atoms with van der Waals surface area (Å²) in [6, 6.07) is 7.94. The summed E-state index contributed by atoms with van der Waals surface area (Å²) in [6.45, 7) is 7.27. The third-order valence-electron chi connectivity index (χ3n) is 4.54. The van der Waals surface area contributed by atoms with Crippen LogP contribution in [-0.2, 0) is 9.59 Å². The van der Waals surface area contributed by atoms with Crippen molar-refractivity contribution < 1.29 is 9.59 Å². The Balaban J connectivity index is 1.93. The number of aryl methyl sites for hydroxylation is 1. The molecule has 1 fully saturated rings. The monoisotopic (exact) mass is 331 g/mol. The number of benzene rings is 1. The molecule has 1 aliphatic rings. The Morgan fingerprint density at radius 3 is 2.75 bits per heavy atom. The first-order valence-corrected chi connectivity index (χ1v) is 8.85. The summed E-state index contributed by atoms with van der Waals surface area (Å²) in [5, 5.41) is 9.05. The molecule has 5 heteroatoms. The van der Waals surface area contributed by atoms with Crippen molar-refractivity contribution in [2.75, 3.05) is 13.1 Å².